The highest BCUT2D eigenvalue weighted by atomic mass is 32.2. The first-order valence-electron chi connectivity index (χ1n) is 14.6. The highest BCUT2D eigenvalue weighted by Crippen LogP contribution is 2.55. The molecule has 0 spiro atoms. The molecule has 0 radical (unpaired) electrons. The van der Waals surface area contributed by atoms with Crippen LogP contribution in [0.25, 0.3) is 0 Å². The Labute approximate surface area is 301 Å². The van der Waals surface area contributed by atoms with E-state index in [1.165, 1.54) is 0 Å². The normalized spacial score (nSPS) is 13.9. The number of carbonyl (C=O) groups is 2. The van der Waals surface area contributed by atoms with Crippen LogP contribution < -0.4 is 0 Å². The molecular formula is C30H24F18O4S2. The molecule has 2 aromatic carbocycles. The highest BCUT2D eigenvalue weighted by Gasteiger charge is 2.82. The van der Waals surface area contributed by atoms with Gasteiger partial charge in [-0.3, -0.25) is 0 Å². The summed E-state index contributed by atoms with van der Waals surface area (Å²) in [5.41, 5.74) is -0.160. The maximum atomic E-state index is 13.7. The number of hydrogen-bond acceptors (Lipinski definition) is 6. The fourth-order valence-corrected chi connectivity index (χ4v) is 5.64. The summed E-state index contributed by atoms with van der Waals surface area (Å²) >= 11 is 0.808. The van der Waals surface area contributed by atoms with E-state index < -0.39 is 84.2 Å². The van der Waals surface area contributed by atoms with Gasteiger partial charge in [-0.1, -0.05) is 0 Å². The van der Waals surface area contributed by atoms with Gasteiger partial charge in [0.15, 0.2) is 0 Å². The van der Waals surface area contributed by atoms with Crippen LogP contribution in [0.3, 0.4) is 0 Å². The SMILES string of the molecule is O=C(OCCCCOC(=O)c1ccc(SCCC(F)(F)C(F)(F)C(F)(F)C(F)(F)F)cc1)c1ccc(SCCC(F)(F)C(F)(F)C(F)(F)C(F)(F)F)cc1. The predicted molar refractivity (Wildman–Crippen MR) is 155 cm³/mol. The number of carbonyl (C=O) groups excluding carboxylic acids is 2. The molecule has 0 aliphatic heterocycles. The van der Waals surface area contributed by atoms with Crippen molar-refractivity contribution in [2.45, 2.75) is 83.4 Å². The first-order chi connectivity index (χ1) is 24.4. The van der Waals surface area contributed by atoms with Crippen LogP contribution in [0, 0.1) is 0 Å². The van der Waals surface area contributed by atoms with E-state index in [0.29, 0.717) is 23.5 Å². The Kier molecular flexibility index (Phi) is 15.1. The van der Waals surface area contributed by atoms with Gasteiger partial charge in [-0.15, -0.1) is 23.5 Å². The number of thioether (sulfide) groups is 2. The van der Waals surface area contributed by atoms with Crippen molar-refractivity contribution in [3.05, 3.63) is 59.7 Å². The van der Waals surface area contributed by atoms with Crippen LogP contribution >= 0.6 is 23.5 Å². The van der Waals surface area contributed by atoms with Gasteiger partial charge in [0.2, 0.25) is 0 Å². The number of benzene rings is 2. The number of halogens is 18. The van der Waals surface area contributed by atoms with Crippen molar-refractivity contribution in [2.75, 3.05) is 24.7 Å². The summed E-state index contributed by atoms with van der Waals surface area (Å²) in [6.07, 6.45) is -17.6. The topological polar surface area (TPSA) is 52.6 Å². The Hall–Kier alpha value is -3.18. The molecule has 306 valence electrons. The Balaban J connectivity index is 1.73. The molecule has 0 aliphatic carbocycles. The van der Waals surface area contributed by atoms with Gasteiger partial charge in [-0.25, -0.2) is 9.59 Å². The summed E-state index contributed by atoms with van der Waals surface area (Å²) in [5.74, 6) is -42.7. The van der Waals surface area contributed by atoms with Gasteiger partial charge in [0, 0.05) is 34.1 Å². The molecule has 4 nitrogen and oxygen atoms in total. The van der Waals surface area contributed by atoms with Crippen molar-refractivity contribution in [1.29, 1.82) is 0 Å². The average molecular weight is 855 g/mol. The summed E-state index contributed by atoms with van der Waals surface area (Å²) in [6, 6.07) is 9.03. The quantitative estimate of drug-likeness (QED) is 0.0607. The van der Waals surface area contributed by atoms with E-state index in [2.05, 4.69) is 0 Å². The van der Waals surface area contributed by atoms with Crippen molar-refractivity contribution in [2.24, 2.45) is 0 Å². The van der Waals surface area contributed by atoms with Crippen molar-refractivity contribution in [3.63, 3.8) is 0 Å². The molecule has 0 saturated carbocycles. The molecule has 0 heterocycles. The van der Waals surface area contributed by atoms with Gasteiger partial charge in [-0.2, -0.15) is 79.0 Å². The maximum absolute atomic E-state index is 13.7. The Morgan fingerprint density at radius 1 is 0.444 bits per heavy atom. The van der Waals surface area contributed by atoms with Gasteiger partial charge < -0.3 is 9.47 Å². The van der Waals surface area contributed by atoms with Gasteiger partial charge in [-0.05, 0) is 61.4 Å². The zero-order chi connectivity index (χ0) is 41.6. The number of unbranched alkanes of at least 4 members (excludes halogenated alkanes) is 1. The van der Waals surface area contributed by atoms with E-state index in [9.17, 15) is 88.6 Å². The number of ether oxygens (including phenoxy) is 2. The first kappa shape index (κ1) is 47.0. The zero-order valence-corrected chi connectivity index (χ0v) is 28.2. The molecular weight excluding hydrogens is 830 g/mol. The molecule has 2 aromatic rings. The lowest BCUT2D eigenvalue weighted by Gasteiger charge is -2.33. The van der Waals surface area contributed by atoms with Crippen LogP contribution in [0.1, 0.15) is 46.4 Å². The molecule has 0 fully saturated rings. The van der Waals surface area contributed by atoms with Gasteiger partial charge in [0.1, 0.15) is 0 Å². The summed E-state index contributed by atoms with van der Waals surface area (Å²) in [6.45, 7) is -0.410. The van der Waals surface area contributed by atoms with E-state index in [4.69, 9.17) is 9.47 Å². The summed E-state index contributed by atoms with van der Waals surface area (Å²) in [5, 5.41) is 0. The largest absolute Gasteiger partial charge is 0.462 e. The second-order valence-corrected chi connectivity index (χ2v) is 13.3. The van der Waals surface area contributed by atoms with Gasteiger partial charge >= 0.3 is 59.8 Å². The molecule has 0 aromatic heterocycles. The summed E-state index contributed by atoms with van der Waals surface area (Å²) < 4.78 is 243. The van der Waals surface area contributed by atoms with Crippen LogP contribution in [0.4, 0.5) is 79.0 Å². The minimum Gasteiger partial charge on any atom is -0.462 e. The summed E-state index contributed by atoms with van der Waals surface area (Å²) in [4.78, 5) is 24.5. The van der Waals surface area contributed by atoms with Crippen molar-refractivity contribution >= 4 is 35.5 Å². The predicted octanol–water partition coefficient (Wildman–Crippen LogP) is 11.4. The molecule has 2 rings (SSSR count). The van der Waals surface area contributed by atoms with Crippen molar-refractivity contribution in [3.8, 4) is 0 Å². The zero-order valence-electron chi connectivity index (χ0n) is 26.5. The average Bonchev–Trinajstić information content (AvgIpc) is 3.05. The molecule has 0 N–H and O–H groups in total. The molecule has 54 heavy (non-hydrogen) atoms. The van der Waals surface area contributed by atoms with E-state index in [1.54, 1.807) is 0 Å². The summed E-state index contributed by atoms with van der Waals surface area (Å²) in [7, 11) is 0. The minimum absolute atomic E-state index is 0.0634. The third kappa shape index (κ3) is 10.8. The smallest absolute Gasteiger partial charge is 0.460 e. The molecule has 0 bridgehead atoms. The Morgan fingerprint density at radius 2 is 0.722 bits per heavy atom. The molecule has 24 heteroatoms. The molecule has 0 amide bonds. The molecule has 0 atom stereocenters. The Morgan fingerprint density at radius 3 is 0.981 bits per heavy atom. The van der Waals surface area contributed by atoms with Gasteiger partial charge in [0.05, 0.1) is 24.3 Å². The van der Waals surface area contributed by atoms with Crippen LogP contribution in [0.2, 0.25) is 0 Å². The fraction of sp³-hybridized carbons (Fsp3) is 0.533. The van der Waals surface area contributed by atoms with E-state index >= 15 is 0 Å². The number of esters is 2. The van der Waals surface area contributed by atoms with Crippen LogP contribution in [0.5, 0.6) is 0 Å². The maximum Gasteiger partial charge on any atom is 0.460 e. The van der Waals surface area contributed by atoms with E-state index in [1.807, 2.05) is 0 Å². The molecule has 0 saturated heterocycles. The van der Waals surface area contributed by atoms with E-state index in [-0.39, 0.29) is 47.0 Å². The molecule has 0 aliphatic rings. The number of alkyl halides is 18. The number of hydrogen-bond donors (Lipinski definition) is 0. The lowest BCUT2D eigenvalue weighted by molar-refractivity contribution is -0.396. The Bertz CT molecular complexity index is 1430. The van der Waals surface area contributed by atoms with Crippen LogP contribution in [-0.4, -0.2) is 84.5 Å². The third-order valence-corrected chi connectivity index (χ3v) is 9.00. The van der Waals surface area contributed by atoms with E-state index in [0.717, 1.165) is 48.5 Å². The van der Waals surface area contributed by atoms with Crippen LogP contribution in [-0.2, 0) is 9.47 Å². The minimum atomic E-state index is -6.99. The van der Waals surface area contributed by atoms with Crippen molar-refractivity contribution < 1.29 is 98.1 Å². The standard InChI is InChI=1S/C30H24F18O4S2/c31-23(32,25(35,36)27(39,40)29(43,44)45)11-15-53-19-7-3-17(4-8-19)21(49)51-13-1-2-14-52-22(50)18-5-9-20(10-6-18)54-16-12-24(33,34)26(37,38)28(41,42)30(46,47)48/h3-10H,1-2,11-16H2. The monoisotopic (exact) mass is 854 g/mol. The lowest BCUT2D eigenvalue weighted by atomic mass is 10.0. The lowest BCUT2D eigenvalue weighted by Crippen LogP contribution is -2.60. The first-order valence-corrected chi connectivity index (χ1v) is 16.6. The van der Waals surface area contributed by atoms with Gasteiger partial charge in [0.25, 0.3) is 0 Å². The number of rotatable bonds is 19. The third-order valence-electron chi connectivity index (χ3n) is 6.97. The van der Waals surface area contributed by atoms with Crippen molar-refractivity contribution in [1.82, 2.24) is 0 Å². The molecule has 0 unspecified atom stereocenters. The highest BCUT2D eigenvalue weighted by molar-refractivity contribution is 7.99. The van der Waals surface area contributed by atoms with Crippen LogP contribution in [0.15, 0.2) is 58.3 Å². The fourth-order valence-electron chi connectivity index (χ4n) is 3.80. The second kappa shape index (κ2) is 17.3. The second-order valence-electron chi connectivity index (χ2n) is 10.9.